The Kier molecular flexibility index (Phi) is 7.19. The number of hydrogen-bond donors (Lipinski definition) is 2. The number of carbonyl (C=O) groups is 2. The summed E-state index contributed by atoms with van der Waals surface area (Å²) in [6.07, 6.45) is 2.90. The predicted molar refractivity (Wildman–Crippen MR) is 112 cm³/mol. The first-order valence-electron chi connectivity index (χ1n) is 9.67. The minimum absolute atomic E-state index is 0.0333. The molecule has 0 unspecified atom stereocenters. The molecular weight excluding hydrogens is 372 g/mol. The number of aromatic nitrogens is 2. The van der Waals surface area contributed by atoms with Crippen molar-refractivity contribution in [2.45, 2.75) is 45.7 Å². The average molecular weight is 399 g/mol. The molecule has 0 saturated carbocycles. The van der Waals surface area contributed by atoms with Crippen LogP contribution in [0.3, 0.4) is 0 Å². The fraction of sp³-hybridized carbons (Fsp3) is 0.381. The molecular formula is C21H26N4O2S. The maximum Gasteiger partial charge on any atom is 0.240 e. The Balaban J connectivity index is 1.63. The van der Waals surface area contributed by atoms with Gasteiger partial charge in [-0.2, -0.15) is 0 Å². The summed E-state index contributed by atoms with van der Waals surface area (Å²) in [6, 6.07) is 11.8. The Morgan fingerprint density at radius 2 is 1.96 bits per heavy atom. The number of amides is 2. The lowest BCUT2D eigenvalue weighted by molar-refractivity contribution is -0.122. The molecule has 0 radical (unpaired) electrons. The maximum absolute atomic E-state index is 12.5. The van der Waals surface area contributed by atoms with Crippen LogP contribution < -0.4 is 10.6 Å². The van der Waals surface area contributed by atoms with Crippen LogP contribution in [0.1, 0.15) is 36.9 Å². The molecule has 0 fully saturated rings. The van der Waals surface area contributed by atoms with Crippen molar-refractivity contribution in [1.29, 1.82) is 0 Å². The standard InChI is InChI=1S/C21H26N4O2S/c1-2-7-20(26)22-12-5-11-19-24-17-9-3-4-10-18(17)25(19)15-21(27)23-14-16-8-6-13-28-16/h3-4,6,8-10,13H,2,5,7,11-12,14-15H2,1H3,(H,22,26)(H,23,27). The summed E-state index contributed by atoms with van der Waals surface area (Å²) in [7, 11) is 0. The van der Waals surface area contributed by atoms with Crippen LogP contribution >= 0.6 is 11.3 Å². The van der Waals surface area contributed by atoms with Gasteiger partial charge in [0, 0.05) is 24.3 Å². The Labute approximate surface area is 169 Å². The minimum atomic E-state index is -0.0333. The van der Waals surface area contributed by atoms with E-state index in [1.807, 2.05) is 53.3 Å². The van der Waals surface area contributed by atoms with Gasteiger partial charge in [-0.05, 0) is 36.4 Å². The second-order valence-electron chi connectivity index (χ2n) is 6.66. The number of hydrogen-bond acceptors (Lipinski definition) is 4. The van der Waals surface area contributed by atoms with E-state index in [0.717, 1.165) is 34.6 Å². The molecule has 2 heterocycles. The number of nitrogens with zero attached hydrogens (tertiary/aromatic N) is 2. The molecule has 0 spiro atoms. The third-order valence-corrected chi connectivity index (χ3v) is 5.33. The third-order valence-electron chi connectivity index (χ3n) is 4.45. The molecule has 0 aliphatic rings. The monoisotopic (exact) mass is 398 g/mol. The summed E-state index contributed by atoms with van der Waals surface area (Å²) in [5.41, 5.74) is 1.84. The Morgan fingerprint density at radius 3 is 2.75 bits per heavy atom. The van der Waals surface area contributed by atoms with Gasteiger partial charge in [0.2, 0.25) is 11.8 Å². The Hall–Kier alpha value is -2.67. The molecule has 3 aromatic rings. The van der Waals surface area contributed by atoms with E-state index in [0.29, 0.717) is 25.9 Å². The quantitative estimate of drug-likeness (QED) is 0.515. The zero-order valence-electron chi connectivity index (χ0n) is 16.1. The molecule has 2 amide bonds. The van der Waals surface area contributed by atoms with Crippen LogP contribution in [0, 0.1) is 0 Å². The van der Waals surface area contributed by atoms with Crippen molar-refractivity contribution in [1.82, 2.24) is 20.2 Å². The topological polar surface area (TPSA) is 76.0 Å². The predicted octanol–water partition coefficient (Wildman–Crippen LogP) is 3.26. The Morgan fingerprint density at radius 1 is 1.11 bits per heavy atom. The first-order chi connectivity index (χ1) is 13.7. The van der Waals surface area contributed by atoms with E-state index in [1.54, 1.807) is 11.3 Å². The van der Waals surface area contributed by atoms with E-state index in [1.165, 1.54) is 0 Å². The molecule has 148 valence electrons. The van der Waals surface area contributed by atoms with Gasteiger partial charge in [-0.15, -0.1) is 11.3 Å². The van der Waals surface area contributed by atoms with Gasteiger partial charge in [-0.1, -0.05) is 25.1 Å². The van der Waals surface area contributed by atoms with E-state index < -0.39 is 0 Å². The van der Waals surface area contributed by atoms with Crippen LogP contribution in [0.5, 0.6) is 0 Å². The zero-order valence-corrected chi connectivity index (χ0v) is 16.9. The highest BCUT2D eigenvalue weighted by Gasteiger charge is 2.13. The number of para-hydroxylation sites is 2. The zero-order chi connectivity index (χ0) is 19.8. The number of carbonyl (C=O) groups excluding carboxylic acids is 2. The minimum Gasteiger partial charge on any atom is -0.356 e. The second-order valence-corrected chi connectivity index (χ2v) is 7.69. The smallest absolute Gasteiger partial charge is 0.240 e. The van der Waals surface area contributed by atoms with E-state index in [-0.39, 0.29) is 18.4 Å². The van der Waals surface area contributed by atoms with E-state index >= 15 is 0 Å². The van der Waals surface area contributed by atoms with Crippen molar-refractivity contribution in [2.24, 2.45) is 0 Å². The van der Waals surface area contributed by atoms with Gasteiger partial charge in [-0.3, -0.25) is 9.59 Å². The normalized spacial score (nSPS) is 10.9. The lowest BCUT2D eigenvalue weighted by atomic mass is 10.2. The van der Waals surface area contributed by atoms with Gasteiger partial charge in [-0.25, -0.2) is 4.98 Å². The van der Waals surface area contributed by atoms with E-state index in [2.05, 4.69) is 10.6 Å². The van der Waals surface area contributed by atoms with Gasteiger partial charge in [0.15, 0.2) is 0 Å². The highest BCUT2D eigenvalue weighted by molar-refractivity contribution is 7.09. The highest BCUT2D eigenvalue weighted by atomic mass is 32.1. The van der Waals surface area contributed by atoms with Crippen molar-refractivity contribution >= 4 is 34.2 Å². The fourth-order valence-electron chi connectivity index (χ4n) is 3.08. The van der Waals surface area contributed by atoms with Crippen LogP contribution in [0.15, 0.2) is 41.8 Å². The largest absolute Gasteiger partial charge is 0.356 e. The molecule has 2 N–H and O–H groups in total. The molecule has 2 aromatic heterocycles. The molecule has 6 nitrogen and oxygen atoms in total. The summed E-state index contributed by atoms with van der Waals surface area (Å²) in [4.78, 5) is 29.9. The van der Waals surface area contributed by atoms with Crippen LogP contribution in [-0.4, -0.2) is 27.9 Å². The summed E-state index contributed by atoms with van der Waals surface area (Å²) in [5.74, 6) is 0.926. The van der Waals surface area contributed by atoms with Crippen molar-refractivity contribution in [2.75, 3.05) is 6.54 Å². The Bertz CT molecular complexity index is 918. The molecule has 0 bridgehead atoms. The maximum atomic E-state index is 12.5. The van der Waals surface area contributed by atoms with Crippen LogP contribution in [-0.2, 0) is 29.1 Å². The first kappa shape index (κ1) is 20.1. The van der Waals surface area contributed by atoms with Crippen molar-refractivity contribution in [3.05, 3.63) is 52.5 Å². The van der Waals surface area contributed by atoms with Crippen molar-refractivity contribution < 1.29 is 9.59 Å². The van der Waals surface area contributed by atoms with Crippen molar-refractivity contribution in [3.8, 4) is 0 Å². The second kappa shape index (κ2) is 10.0. The molecule has 28 heavy (non-hydrogen) atoms. The molecule has 3 rings (SSSR count). The highest BCUT2D eigenvalue weighted by Crippen LogP contribution is 2.17. The third kappa shape index (κ3) is 5.42. The van der Waals surface area contributed by atoms with Gasteiger partial charge in [0.1, 0.15) is 12.4 Å². The number of fused-ring (bicyclic) bond motifs is 1. The number of rotatable bonds is 10. The average Bonchev–Trinajstić information content (AvgIpc) is 3.32. The lowest BCUT2D eigenvalue weighted by Gasteiger charge is -2.10. The molecule has 1 aromatic carbocycles. The summed E-state index contributed by atoms with van der Waals surface area (Å²) < 4.78 is 1.98. The summed E-state index contributed by atoms with van der Waals surface area (Å²) in [6.45, 7) is 3.39. The number of thiophene rings is 1. The summed E-state index contributed by atoms with van der Waals surface area (Å²) >= 11 is 1.63. The molecule has 0 aliphatic heterocycles. The van der Waals surface area contributed by atoms with Crippen molar-refractivity contribution in [3.63, 3.8) is 0 Å². The lowest BCUT2D eigenvalue weighted by Crippen LogP contribution is -2.28. The molecule has 7 heteroatoms. The van der Waals surface area contributed by atoms with E-state index in [9.17, 15) is 9.59 Å². The fourth-order valence-corrected chi connectivity index (χ4v) is 3.73. The van der Waals surface area contributed by atoms with E-state index in [4.69, 9.17) is 4.98 Å². The van der Waals surface area contributed by atoms with Gasteiger partial charge in [0.05, 0.1) is 17.6 Å². The van der Waals surface area contributed by atoms with Crippen LogP contribution in [0.4, 0.5) is 0 Å². The summed E-state index contributed by atoms with van der Waals surface area (Å²) in [5, 5.41) is 7.91. The number of aryl methyl sites for hydroxylation is 1. The first-order valence-corrected chi connectivity index (χ1v) is 10.5. The number of imidazole rings is 1. The molecule has 0 saturated heterocycles. The van der Waals surface area contributed by atoms with Gasteiger partial charge < -0.3 is 15.2 Å². The molecule has 0 aliphatic carbocycles. The van der Waals surface area contributed by atoms with Crippen LogP contribution in [0.25, 0.3) is 11.0 Å². The SMILES string of the molecule is CCCC(=O)NCCCc1nc2ccccc2n1CC(=O)NCc1cccs1. The van der Waals surface area contributed by atoms with Gasteiger partial charge in [0.25, 0.3) is 0 Å². The van der Waals surface area contributed by atoms with Gasteiger partial charge >= 0.3 is 0 Å². The molecule has 0 atom stereocenters. The van der Waals surface area contributed by atoms with Crippen LogP contribution in [0.2, 0.25) is 0 Å². The number of benzene rings is 1. The number of nitrogens with one attached hydrogen (secondary N) is 2.